The summed E-state index contributed by atoms with van der Waals surface area (Å²) in [5.41, 5.74) is 5.36. The molecule has 6 heteroatoms. The highest BCUT2D eigenvalue weighted by Gasteiger charge is 1.99. The SMILES string of the molecule is O=C(CNc1ccccc1)N/N=C\c1ccc(OCc2ccc(Br)cc2)cc1. The van der Waals surface area contributed by atoms with Gasteiger partial charge in [-0.05, 0) is 59.7 Å². The fourth-order valence-corrected chi connectivity index (χ4v) is 2.62. The molecule has 3 rings (SSSR count). The van der Waals surface area contributed by atoms with Gasteiger partial charge in [0.05, 0.1) is 12.8 Å². The molecule has 0 aliphatic rings. The lowest BCUT2D eigenvalue weighted by Gasteiger charge is -2.07. The van der Waals surface area contributed by atoms with Gasteiger partial charge in [0.15, 0.2) is 0 Å². The Morgan fingerprint density at radius 1 is 0.964 bits per heavy atom. The fraction of sp³-hybridized carbons (Fsp3) is 0.0909. The molecule has 0 heterocycles. The van der Waals surface area contributed by atoms with Crippen LogP contribution in [0.2, 0.25) is 0 Å². The van der Waals surface area contributed by atoms with Crippen molar-refractivity contribution in [2.24, 2.45) is 5.10 Å². The van der Waals surface area contributed by atoms with Crippen LogP contribution in [0.25, 0.3) is 0 Å². The topological polar surface area (TPSA) is 62.7 Å². The molecule has 3 aromatic rings. The third-order valence-electron chi connectivity index (χ3n) is 3.83. The number of hydrogen-bond acceptors (Lipinski definition) is 4. The van der Waals surface area contributed by atoms with Gasteiger partial charge in [-0.2, -0.15) is 5.10 Å². The first kappa shape index (κ1) is 19.6. The summed E-state index contributed by atoms with van der Waals surface area (Å²) in [7, 11) is 0. The largest absolute Gasteiger partial charge is 0.489 e. The molecule has 0 aromatic heterocycles. The number of amides is 1. The third-order valence-corrected chi connectivity index (χ3v) is 4.36. The number of rotatable bonds is 8. The minimum atomic E-state index is -0.213. The Hall–Kier alpha value is -3.12. The zero-order chi connectivity index (χ0) is 19.6. The zero-order valence-corrected chi connectivity index (χ0v) is 16.7. The van der Waals surface area contributed by atoms with Gasteiger partial charge in [-0.1, -0.05) is 46.3 Å². The highest BCUT2D eigenvalue weighted by Crippen LogP contribution is 2.15. The van der Waals surface area contributed by atoms with Crippen molar-refractivity contribution in [3.63, 3.8) is 0 Å². The summed E-state index contributed by atoms with van der Waals surface area (Å²) in [6.07, 6.45) is 1.60. The smallest absolute Gasteiger partial charge is 0.259 e. The van der Waals surface area contributed by atoms with E-state index >= 15 is 0 Å². The van der Waals surface area contributed by atoms with Crippen LogP contribution in [-0.4, -0.2) is 18.7 Å². The summed E-state index contributed by atoms with van der Waals surface area (Å²) in [6.45, 7) is 0.662. The molecule has 2 N–H and O–H groups in total. The number of benzene rings is 3. The lowest BCUT2D eigenvalue weighted by molar-refractivity contribution is -0.119. The molecular formula is C22H20BrN3O2. The van der Waals surface area contributed by atoms with E-state index in [9.17, 15) is 4.79 Å². The summed E-state index contributed by atoms with van der Waals surface area (Å²) >= 11 is 3.42. The van der Waals surface area contributed by atoms with Crippen LogP contribution in [-0.2, 0) is 11.4 Å². The number of hydrazone groups is 1. The Labute approximate surface area is 172 Å². The van der Waals surface area contributed by atoms with Crippen LogP contribution < -0.4 is 15.5 Å². The number of hydrogen-bond donors (Lipinski definition) is 2. The Balaban J connectivity index is 1.41. The van der Waals surface area contributed by atoms with E-state index in [1.54, 1.807) is 6.21 Å². The maximum atomic E-state index is 11.8. The number of ether oxygens (including phenoxy) is 1. The van der Waals surface area contributed by atoms with Crippen molar-refractivity contribution >= 4 is 33.7 Å². The van der Waals surface area contributed by atoms with Gasteiger partial charge in [-0.3, -0.25) is 4.79 Å². The molecule has 0 unspecified atom stereocenters. The van der Waals surface area contributed by atoms with Crippen molar-refractivity contribution in [2.45, 2.75) is 6.61 Å². The van der Waals surface area contributed by atoms with Gasteiger partial charge < -0.3 is 10.1 Å². The third kappa shape index (κ3) is 6.55. The van der Waals surface area contributed by atoms with E-state index in [1.807, 2.05) is 78.9 Å². The number of nitrogens with zero attached hydrogens (tertiary/aromatic N) is 1. The van der Waals surface area contributed by atoms with Gasteiger partial charge in [0.25, 0.3) is 5.91 Å². The van der Waals surface area contributed by atoms with E-state index in [0.29, 0.717) is 6.61 Å². The number of anilines is 1. The molecule has 0 radical (unpaired) electrons. The van der Waals surface area contributed by atoms with Gasteiger partial charge >= 0.3 is 0 Å². The second-order valence-electron chi connectivity index (χ2n) is 6.00. The number of carbonyl (C=O) groups excluding carboxylic acids is 1. The average Bonchev–Trinajstić information content (AvgIpc) is 2.73. The first-order valence-corrected chi connectivity index (χ1v) is 9.56. The molecule has 0 atom stereocenters. The molecule has 0 aliphatic heterocycles. The lowest BCUT2D eigenvalue weighted by Crippen LogP contribution is -2.25. The minimum absolute atomic E-state index is 0.157. The Bertz CT molecular complexity index is 911. The fourth-order valence-electron chi connectivity index (χ4n) is 2.35. The molecule has 0 aliphatic carbocycles. The maximum Gasteiger partial charge on any atom is 0.259 e. The Kier molecular flexibility index (Phi) is 7.21. The van der Waals surface area contributed by atoms with Crippen LogP contribution in [0.5, 0.6) is 5.75 Å². The minimum Gasteiger partial charge on any atom is -0.489 e. The van der Waals surface area contributed by atoms with Crippen molar-refractivity contribution in [1.29, 1.82) is 0 Å². The molecule has 1 amide bonds. The van der Waals surface area contributed by atoms with E-state index in [2.05, 4.69) is 31.8 Å². The summed E-state index contributed by atoms with van der Waals surface area (Å²) < 4.78 is 6.81. The standard InChI is InChI=1S/C22H20BrN3O2/c23-19-10-6-18(7-11-19)16-28-21-12-8-17(9-13-21)14-25-26-22(27)15-24-20-4-2-1-3-5-20/h1-14,24H,15-16H2,(H,26,27)/b25-14-. The number of halogens is 1. The van der Waals surface area contributed by atoms with Crippen molar-refractivity contribution in [3.8, 4) is 5.75 Å². The van der Waals surface area contributed by atoms with E-state index in [4.69, 9.17) is 4.74 Å². The van der Waals surface area contributed by atoms with Crippen molar-refractivity contribution in [3.05, 3.63) is 94.5 Å². The summed E-state index contributed by atoms with van der Waals surface area (Å²) in [5.74, 6) is 0.561. The Morgan fingerprint density at radius 2 is 1.68 bits per heavy atom. The van der Waals surface area contributed by atoms with E-state index in [-0.39, 0.29) is 12.5 Å². The predicted molar refractivity (Wildman–Crippen MR) is 116 cm³/mol. The first-order chi connectivity index (χ1) is 13.7. The first-order valence-electron chi connectivity index (χ1n) is 8.77. The molecule has 0 saturated heterocycles. The summed E-state index contributed by atoms with van der Waals surface area (Å²) in [4.78, 5) is 11.8. The molecule has 3 aromatic carbocycles. The molecule has 142 valence electrons. The molecular weight excluding hydrogens is 418 g/mol. The molecule has 0 bridgehead atoms. The average molecular weight is 438 g/mol. The quantitative estimate of drug-likeness (QED) is 0.400. The van der Waals surface area contributed by atoms with Gasteiger partial charge in [0, 0.05) is 10.2 Å². The van der Waals surface area contributed by atoms with Crippen molar-refractivity contribution < 1.29 is 9.53 Å². The second kappa shape index (κ2) is 10.3. The highest BCUT2D eigenvalue weighted by molar-refractivity contribution is 9.10. The normalized spacial score (nSPS) is 10.6. The lowest BCUT2D eigenvalue weighted by atomic mass is 10.2. The number of para-hydroxylation sites is 1. The molecule has 0 spiro atoms. The van der Waals surface area contributed by atoms with Crippen LogP contribution in [0.1, 0.15) is 11.1 Å². The van der Waals surface area contributed by atoms with Crippen LogP contribution in [0.3, 0.4) is 0 Å². The summed E-state index contributed by atoms with van der Waals surface area (Å²) in [5, 5.41) is 7.00. The molecule has 0 saturated carbocycles. The highest BCUT2D eigenvalue weighted by atomic mass is 79.9. The van der Waals surface area contributed by atoms with E-state index < -0.39 is 0 Å². The van der Waals surface area contributed by atoms with Gasteiger partial charge in [-0.15, -0.1) is 0 Å². The van der Waals surface area contributed by atoms with Crippen LogP contribution in [0, 0.1) is 0 Å². The van der Waals surface area contributed by atoms with Crippen LogP contribution in [0.4, 0.5) is 5.69 Å². The zero-order valence-electron chi connectivity index (χ0n) is 15.1. The molecule has 0 fully saturated rings. The number of carbonyl (C=O) groups is 1. The number of nitrogens with one attached hydrogen (secondary N) is 2. The van der Waals surface area contributed by atoms with Gasteiger partial charge in [0.1, 0.15) is 12.4 Å². The second-order valence-corrected chi connectivity index (χ2v) is 6.91. The molecule has 28 heavy (non-hydrogen) atoms. The van der Waals surface area contributed by atoms with Crippen LogP contribution in [0.15, 0.2) is 88.4 Å². The van der Waals surface area contributed by atoms with Crippen LogP contribution >= 0.6 is 15.9 Å². The van der Waals surface area contributed by atoms with Crippen molar-refractivity contribution in [2.75, 3.05) is 11.9 Å². The Morgan fingerprint density at radius 3 is 2.39 bits per heavy atom. The van der Waals surface area contributed by atoms with Crippen molar-refractivity contribution in [1.82, 2.24) is 5.43 Å². The van der Waals surface area contributed by atoms with E-state index in [1.165, 1.54) is 0 Å². The predicted octanol–water partition coefficient (Wildman–Crippen LogP) is 4.59. The molecule has 5 nitrogen and oxygen atoms in total. The summed E-state index contributed by atoms with van der Waals surface area (Å²) in [6, 6.07) is 25.1. The maximum absolute atomic E-state index is 11.8. The van der Waals surface area contributed by atoms with Gasteiger partial charge in [0.2, 0.25) is 0 Å². The van der Waals surface area contributed by atoms with E-state index in [0.717, 1.165) is 27.0 Å². The monoisotopic (exact) mass is 437 g/mol. The van der Waals surface area contributed by atoms with Gasteiger partial charge in [-0.25, -0.2) is 5.43 Å².